The number of imidazole rings is 1. The van der Waals surface area contributed by atoms with E-state index in [4.69, 9.17) is 10.1 Å². The third-order valence-electron chi connectivity index (χ3n) is 6.55. The van der Waals surface area contributed by atoms with Crippen molar-refractivity contribution >= 4 is 33.9 Å². The van der Waals surface area contributed by atoms with Crippen molar-refractivity contribution in [1.29, 1.82) is 0 Å². The first kappa shape index (κ1) is 21.1. The number of hydrogen-bond acceptors (Lipinski definition) is 4. The molecule has 2 heterocycles. The first-order valence-corrected chi connectivity index (χ1v) is 12.3. The Balaban J connectivity index is 1.48. The summed E-state index contributed by atoms with van der Waals surface area (Å²) in [5, 5.41) is 10.6. The molecule has 0 unspecified atom stereocenters. The van der Waals surface area contributed by atoms with E-state index in [1.54, 1.807) is 0 Å². The summed E-state index contributed by atoms with van der Waals surface area (Å²) >= 11 is 0. The average Bonchev–Trinajstić information content (AvgIpc) is 3.35. The molecule has 176 valence electrons. The maximum atomic E-state index is 5.13. The van der Waals surface area contributed by atoms with Gasteiger partial charge in [-0.15, -0.1) is 5.10 Å². The molecule has 0 saturated carbocycles. The maximum absolute atomic E-state index is 5.13. The second kappa shape index (κ2) is 8.81. The molecular weight excluding hydrogens is 454 g/mol. The molecule has 5 nitrogen and oxygen atoms in total. The van der Waals surface area contributed by atoms with Gasteiger partial charge >= 0.3 is 0 Å². The predicted octanol–water partition coefficient (Wildman–Crippen LogP) is 7.62. The van der Waals surface area contributed by atoms with Gasteiger partial charge in [0.05, 0.1) is 28.1 Å². The zero-order chi connectivity index (χ0) is 24.6. The minimum Gasteiger partial charge on any atom is -0.336 e. The van der Waals surface area contributed by atoms with Gasteiger partial charge in [-0.25, -0.2) is 9.99 Å². The van der Waals surface area contributed by atoms with E-state index in [-0.39, 0.29) is 0 Å². The van der Waals surface area contributed by atoms with E-state index in [9.17, 15) is 0 Å². The van der Waals surface area contributed by atoms with Crippen molar-refractivity contribution in [3.8, 4) is 17.1 Å². The van der Waals surface area contributed by atoms with Gasteiger partial charge in [-0.2, -0.15) is 0 Å². The number of nitrogens with zero attached hydrogens (tertiary/aromatic N) is 4. The van der Waals surface area contributed by atoms with Crippen LogP contribution in [0, 0.1) is 0 Å². The van der Waals surface area contributed by atoms with Gasteiger partial charge in [0.2, 0.25) is 0 Å². The van der Waals surface area contributed by atoms with E-state index in [1.165, 1.54) is 0 Å². The standard InChI is InChI=1S/C32H23N5/c1-5-13-23(14-6-1)31-33-28-21-27-29(22-30(28)37(35-31)26-19-11-4-12-20-26)36(25-17-9-3-10-18-25)32(34-27)24-15-7-2-8-16-24/h1-22H,(H,33,35). The number of fused-ring (bicyclic) bond motifs is 2. The Bertz CT molecular complexity index is 1720. The van der Waals surface area contributed by atoms with E-state index >= 15 is 0 Å². The summed E-state index contributed by atoms with van der Waals surface area (Å²) in [6, 6.07) is 45.5. The number of hydrazone groups is 1. The van der Waals surface area contributed by atoms with Gasteiger partial charge in [0.15, 0.2) is 5.84 Å². The van der Waals surface area contributed by atoms with Crippen molar-refractivity contribution in [3.63, 3.8) is 0 Å². The minimum atomic E-state index is 0.794. The van der Waals surface area contributed by atoms with Crippen LogP contribution in [0.1, 0.15) is 5.56 Å². The highest BCUT2D eigenvalue weighted by Crippen LogP contribution is 2.40. The molecule has 0 aliphatic carbocycles. The molecule has 0 bridgehead atoms. The van der Waals surface area contributed by atoms with Crippen LogP contribution >= 0.6 is 0 Å². The molecule has 1 aliphatic heterocycles. The summed E-state index contributed by atoms with van der Waals surface area (Å²) in [5.74, 6) is 1.70. The fourth-order valence-electron chi connectivity index (χ4n) is 4.81. The number of nitrogens with one attached hydrogen (secondary N) is 1. The van der Waals surface area contributed by atoms with Crippen molar-refractivity contribution < 1.29 is 0 Å². The second-order valence-corrected chi connectivity index (χ2v) is 8.92. The molecule has 1 N–H and O–H groups in total. The summed E-state index contributed by atoms with van der Waals surface area (Å²) in [6.45, 7) is 0. The zero-order valence-electron chi connectivity index (χ0n) is 20.0. The first-order chi connectivity index (χ1) is 18.3. The van der Waals surface area contributed by atoms with Gasteiger partial charge in [0.25, 0.3) is 0 Å². The van der Waals surface area contributed by atoms with Gasteiger partial charge in [0.1, 0.15) is 5.82 Å². The highest BCUT2D eigenvalue weighted by molar-refractivity contribution is 6.13. The van der Waals surface area contributed by atoms with E-state index in [0.29, 0.717) is 0 Å². The lowest BCUT2D eigenvalue weighted by Crippen LogP contribution is -2.26. The molecule has 6 aromatic rings. The number of amidine groups is 1. The molecule has 0 spiro atoms. The van der Waals surface area contributed by atoms with Crippen molar-refractivity contribution in [3.05, 3.63) is 139 Å². The monoisotopic (exact) mass is 477 g/mol. The Hall–Kier alpha value is -5.16. The van der Waals surface area contributed by atoms with Crippen molar-refractivity contribution in [2.75, 3.05) is 10.3 Å². The number of hydrogen-bond donors (Lipinski definition) is 1. The number of benzene rings is 5. The topological polar surface area (TPSA) is 45.4 Å². The molecule has 7 rings (SSSR count). The largest absolute Gasteiger partial charge is 0.336 e. The number of aromatic nitrogens is 2. The molecule has 5 heteroatoms. The van der Waals surface area contributed by atoms with Gasteiger partial charge in [-0.1, -0.05) is 97.1 Å². The maximum Gasteiger partial charge on any atom is 0.158 e. The lowest BCUT2D eigenvalue weighted by molar-refractivity contribution is 1.06. The van der Waals surface area contributed by atoms with Gasteiger partial charge in [0, 0.05) is 16.8 Å². The molecule has 0 fully saturated rings. The van der Waals surface area contributed by atoms with Crippen LogP contribution in [-0.4, -0.2) is 15.4 Å². The average molecular weight is 478 g/mol. The molecule has 1 aromatic heterocycles. The summed E-state index contributed by atoms with van der Waals surface area (Å²) in [6.07, 6.45) is 0. The molecule has 5 aromatic carbocycles. The van der Waals surface area contributed by atoms with Crippen LogP contribution in [0.15, 0.2) is 139 Å². The van der Waals surface area contributed by atoms with E-state index in [1.807, 2.05) is 65.7 Å². The Morgan fingerprint density at radius 1 is 0.568 bits per heavy atom. The van der Waals surface area contributed by atoms with Crippen molar-refractivity contribution in [1.82, 2.24) is 9.55 Å². The summed E-state index contributed by atoms with van der Waals surface area (Å²) < 4.78 is 2.23. The third-order valence-corrected chi connectivity index (χ3v) is 6.55. The van der Waals surface area contributed by atoms with Crippen molar-refractivity contribution in [2.24, 2.45) is 5.10 Å². The second-order valence-electron chi connectivity index (χ2n) is 8.92. The van der Waals surface area contributed by atoms with Crippen LogP contribution in [-0.2, 0) is 0 Å². The van der Waals surface area contributed by atoms with Gasteiger partial charge < -0.3 is 5.32 Å². The normalized spacial score (nSPS) is 12.6. The van der Waals surface area contributed by atoms with E-state index in [2.05, 4.69) is 82.7 Å². The molecule has 0 saturated heterocycles. The zero-order valence-corrected chi connectivity index (χ0v) is 20.0. The van der Waals surface area contributed by atoms with Gasteiger partial charge in [-0.05, 0) is 36.4 Å². The highest BCUT2D eigenvalue weighted by atomic mass is 15.5. The molecular formula is C32H23N5. The Morgan fingerprint density at radius 2 is 1.14 bits per heavy atom. The highest BCUT2D eigenvalue weighted by Gasteiger charge is 2.25. The molecule has 37 heavy (non-hydrogen) atoms. The summed E-state index contributed by atoms with van der Waals surface area (Å²) in [4.78, 5) is 5.13. The van der Waals surface area contributed by atoms with Crippen LogP contribution in [0.3, 0.4) is 0 Å². The number of anilines is 3. The van der Waals surface area contributed by atoms with E-state index in [0.717, 1.165) is 56.6 Å². The predicted molar refractivity (Wildman–Crippen MR) is 152 cm³/mol. The lowest BCUT2D eigenvalue weighted by Gasteiger charge is -2.29. The van der Waals surface area contributed by atoms with Crippen LogP contribution in [0.5, 0.6) is 0 Å². The van der Waals surface area contributed by atoms with Crippen LogP contribution < -0.4 is 10.3 Å². The Kier molecular flexibility index (Phi) is 5.03. The minimum absolute atomic E-state index is 0.794. The Morgan fingerprint density at radius 3 is 1.78 bits per heavy atom. The van der Waals surface area contributed by atoms with Crippen LogP contribution in [0.4, 0.5) is 17.1 Å². The fraction of sp³-hybridized carbons (Fsp3) is 0. The van der Waals surface area contributed by atoms with Crippen molar-refractivity contribution in [2.45, 2.75) is 0 Å². The Labute approximate surface area is 215 Å². The smallest absolute Gasteiger partial charge is 0.158 e. The van der Waals surface area contributed by atoms with Crippen LogP contribution in [0.2, 0.25) is 0 Å². The number of para-hydroxylation sites is 2. The lowest BCUT2D eigenvalue weighted by atomic mass is 10.1. The molecule has 1 aliphatic rings. The van der Waals surface area contributed by atoms with E-state index < -0.39 is 0 Å². The molecule has 0 amide bonds. The summed E-state index contributed by atoms with van der Waals surface area (Å²) in [7, 11) is 0. The first-order valence-electron chi connectivity index (χ1n) is 12.3. The molecule has 0 radical (unpaired) electrons. The summed E-state index contributed by atoms with van der Waals surface area (Å²) in [5.41, 5.74) is 8.00. The number of rotatable bonds is 4. The molecule has 0 atom stereocenters. The van der Waals surface area contributed by atoms with Crippen LogP contribution in [0.25, 0.3) is 28.1 Å². The van der Waals surface area contributed by atoms with Gasteiger partial charge in [-0.3, -0.25) is 4.57 Å². The fourth-order valence-corrected chi connectivity index (χ4v) is 4.81. The third kappa shape index (κ3) is 3.74. The SMILES string of the molecule is c1ccc(C2=NN(c3ccccc3)c3cc4c(cc3N2)nc(-c2ccccc2)n4-c2ccccc2)cc1. The quantitative estimate of drug-likeness (QED) is 0.284.